The molecule has 0 atom stereocenters. The Bertz CT molecular complexity index is 789. The number of hydrogen-bond donors (Lipinski definition) is 1. The lowest BCUT2D eigenvalue weighted by Gasteiger charge is -2.40. The molecule has 1 saturated carbocycles. The average Bonchev–Trinajstić information content (AvgIpc) is 3.16. The number of hydrogen-bond acceptors (Lipinski definition) is 2. The minimum absolute atomic E-state index is 0.0496. The van der Waals surface area contributed by atoms with Crippen molar-refractivity contribution in [2.75, 3.05) is 18.4 Å². The Morgan fingerprint density at radius 1 is 0.846 bits per heavy atom. The summed E-state index contributed by atoms with van der Waals surface area (Å²) in [6, 6.07) is 17.3. The highest BCUT2D eigenvalue weighted by atomic mass is 16.2. The van der Waals surface area contributed by atoms with Crippen molar-refractivity contribution in [3.8, 4) is 0 Å². The Kier molecular flexibility index (Phi) is 4.49. The van der Waals surface area contributed by atoms with Gasteiger partial charge in [0, 0.05) is 24.3 Å². The third-order valence-corrected chi connectivity index (χ3v) is 5.75. The standard InChI is InChI=1S/C22H24N2O2/c25-20(24-15-4-5-16-24)17-9-11-19(12-10-17)23-21(26)22(13-6-14-22)18-7-2-1-3-8-18/h1-3,7-12H,4-6,13-16H2,(H,23,26). The molecule has 0 unspecified atom stereocenters. The first-order chi connectivity index (χ1) is 12.7. The van der Waals surface area contributed by atoms with Gasteiger partial charge in [0.15, 0.2) is 0 Å². The lowest BCUT2D eigenvalue weighted by molar-refractivity contribution is -0.124. The van der Waals surface area contributed by atoms with Gasteiger partial charge >= 0.3 is 0 Å². The summed E-state index contributed by atoms with van der Waals surface area (Å²) in [5.41, 5.74) is 2.11. The molecule has 2 aliphatic rings. The van der Waals surface area contributed by atoms with Crippen molar-refractivity contribution < 1.29 is 9.59 Å². The largest absolute Gasteiger partial charge is 0.339 e. The van der Waals surface area contributed by atoms with Crippen molar-refractivity contribution in [2.24, 2.45) is 0 Å². The van der Waals surface area contributed by atoms with Crippen LogP contribution in [0.5, 0.6) is 0 Å². The molecule has 1 N–H and O–H groups in total. The maximum absolute atomic E-state index is 13.0. The highest BCUT2D eigenvalue weighted by Crippen LogP contribution is 2.44. The Morgan fingerprint density at radius 2 is 1.50 bits per heavy atom. The second kappa shape index (κ2) is 6.94. The van der Waals surface area contributed by atoms with Crippen LogP contribution in [0.4, 0.5) is 5.69 Å². The first kappa shape index (κ1) is 16.8. The van der Waals surface area contributed by atoms with E-state index in [4.69, 9.17) is 0 Å². The molecule has 4 heteroatoms. The molecular formula is C22H24N2O2. The highest BCUT2D eigenvalue weighted by Gasteiger charge is 2.45. The van der Waals surface area contributed by atoms with E-state index in [0.29, 0.717) is 5.56 Å². The molecule has 4 rings (SSSR count). The third kappa shape index (κ3) is 3.00. The van der Waals surface area contributed by atoms with Gasteiger partial charge in [-0.1, -0.05) is 36.8 Å². The van der Waals surface area contributed by atoms with Crippen molar-refractivity contribution in [3.63, 3.8) is 0 Å². The molecule has 4 nitrogen and oxygen atoms in total. The van der Waals surface area contributed by atoms with Gasteiger partial charge in [0.05, 0.1) is 5.41 Å². The molecule has 1 aliphatic heterocycles. The van der Waals surface area contributed by atoms with Gasteiger partial charge in [-0.15, -0.1) is 0 Å². The summed E-state index contributed by atoms with van der Waals surface area (Å²) in [5, 5.41) is 3.06. The smallest absolute Gasteiger partial charge is 0.253 e. The summed E-state index contributed by atoms with van der Waals surface area (Å²) in [6.45, 7) is 1.69. The minimum atomic E-state index is -0.411. The predicted molar refractivity (Wildman–Crippen MR) is 102 cm³/mol. The van der Waals surface area contributed by atoms with E-state index < -0.39 is 5.41 Å². The maximum atomic E-state index is 13.0. The van der Waals surface area contributed by atoms with Gasteiger partial charge in [0.25, 0.3) is 5.91 Å². The van der Waals surface area contributed by atoms with E-state index in [2.05, 4.69) is 5.32 Å². The van der Waals surface area contributed by atoms with Crippen LogP contribution in [0.15, 0.2) is 54.6 Å². The average molecular weight is 348 g/mol. The minimum Gasteiger partial charge on any atom is -0.339 e. The number of benzene rings is 2. The molecule has 0 spiro atoms. The number of anilines is 1. The molecule has 1 saturated heterocycles. The number of rotatable bonds is 4. The molecule has 2 amide bonds. The van der Waals surface area contributed by atoms with Crippen LogP contribution in [0.1, 0.15) is 48.0 Å². The van der Waals surface area contributed by atoms with Crippen LogP contribution in [-0.4, -0.2) is 29.8 Å². The van der Waals surface area contributed by atoms with Crippen LogP contribution in [0, 0.1) is 0 Å². The van der Waals surface area contributed by atoms with Crippen molar-refractivity contribution in [1.29, 1.82) is 0 Å². The molecular weight excluding hydrogens is 324 g/mol. The summed E-state index contributed by atoms with van der Waals surface area (Å²) >= 11 is 0. The number of nitrogens with one attached hydrogen (secondary N) is 1. The number of likely N-dealkylation sites (tertiary alicyclic amines) is 1. The number of nitrogens with zero attached hydrogens (tertiary/aromatic N) is 1. The van der Waals surface area contributed by atoms with Crippen LogP contribution >= 0.6 is 0 Å². The van der Waals surface area contributed by atoms with Crippen LogP contribution in [0.3, 0.4) is 0 Å². The van der Waals surface area contributed by atoms with E-state index in [1.54, 1.807) is 0 Å². The quantitative estimate of drug-likeness (QED) is 0.908. The topological polar surface area (TPSA) is 49.4 Å². The molecule has 0 radical (unpaired) electrons. The van der Waals surface area contributed by atoms with E-state index in [9.17, 15) is 9.59 Å². The Morgan fingerprint density at radius 3 is 2.08 bits per heavy atom. The van der Waals surface area contributed by atoms with E-state index in [1.807, 2.05) is 59.5 Å². The van der Waals surface area contributed by atoms with Crippen molar-refractivity contribution in [2.45, 2.75) is 37.5 Å². The van der Waals surface area contributed by atoms with E-state index in [1.165, 1.54) is 0 Å². The van der Waals surface area contributed by atoms with Crippen molar-refractivity contribution in [3.05, 3.63) is 65.7 Å². The fraction of sp³-hybridized carbons (Fsp3) is 0.364. The van der Waals surface area contributed by atoms with Gasteiger partial charge < -0.3 is 10.2 Å². The lowest BCUT2D eigenvalue weighted by Crippen LogP contribution is -2.45. The zero-order valence-corrected chi connectivity index (χ0v) is 14.9. The second-order valence-electron chi connectivity index (χ2n) is 7.33. The second-order valence-corrected chi connectivity index (χ2v) is 7.33. The molecule has 2 aromatic rings. The predicted octanol–water partition coefficient (Wildman–Crippen LogP) is 3.98. The van der Waals surface area contributed by atoms with Gasteiger partial charge in [-0.2, -0.15) is 0 Å². The molecule has 134 valence electrons. The normalized spacial score (nSPS) is 18.2. The molecule has 2 aromatic carbocycles. The number of carbonyl (C=O) groups excluding carboxylic acids is 2. The van der Waals surface area contributed by atoms with Gasteiger partial charge in [-0.25, -0.2) is 0 Å². The van der Waals surface area contributed by atoms with Crippen LogP contribution in [0.2, 0.25) is 0 Å². The summed E-state index contributed by atoms with van der Waals surface area (Å²) in [6.07, 6.45) is 5.01. The fourth-order valence-electron chi connectivity index (χ4n) is 3.98. The monoisotopic (exact) mass is 348 g/mol. The number of amides is 2. The SMILES string of the molecule is O=C(c1ccc(NC(=O)C2(c3ccccc3)CCC2)cc1)N1CCCC1. The van der Waals surface area contributed by atoms with Gasteiger partial charge in [-0.3, -0.25) is 9.59 Å². The Balaban J connectivity index is 1.47. The fourth-order valence-corrected chi connectivity index (χ4v) is 3.98. The Labute approximate surface area is 154 Å². The first-order valence-corrected chi connectivity index (χ1v) is 9.45. The summed E-state index contributed by atoms with van der Waals surface area (Å²) < 4.78 is 0. The van der Waals surface area contributed by atoms with Crippen molar-refractivity contribution >= 4 is 17.5 Å². The lowest BCUT2D eigenvalue weighted by atomic mass is 9.64. The maximum Gasteiger partial charge on any atom is 0.253 e. The molecule has 0 aromatic heterocycles. The van der Waals surface area contributed by atoms with E-state index >= 15 is 0 Å². The van der Waals surface area contributed by atoms with Crippen LogP contribution < -0.4 is 5.32 Å². The van der Waals surface area contributed by atoms with Crippen molar-refractivity contribution in [1.82, 2.24) is 4.90 Å². The van der Waals surface area contributed by atoms with Crippen LogP contribution in [0.25, 0.3) is 0 Å². The molecule has 2 fully saturated rings. The summed E-state index contributed by atoms with van der Waals surface area (Å²) in [5.74, 6) is 0.133. The molecule has 1 aliphatic carbocycles. The highest BCUT2D eigenvalue weighted by molar-refractivity contribution is 6.00. The van der Waals surface area contributed by atoms with Gasteiger partial charge in [-0.05, 0) is 55.5 Å². The third-order valence-electron chi connectivity index (χ3n) is 5.75. The van der Waals surface area contributed by atoms with E-state index in [0.717, 1.165) is 56.4 Å². The Hall–Kier alpha value is -2.62. The summed E-state index contributed by atoms with van der Waals surface area (Å²) in [7, 11) is 0. The molecule has 1 heterocycles. The summed E-state index contributed by atoms with van der Waals surface area (Å²) in [4.78, 5) is 27.3. The van der Waals surface area contributed by atoms with Crippen LogP contribution in [-0.2, 0) is 10.2 Å². The molecule has 0 bridgehead atoms. The molecule has 26 heavy (non-hydrogen) atoms. The zero-order chi connectivity index (χ0) is 18.0. The zero-order valence-electron chi connectivity index (χ0n) is 14.9. The van der Waals surface area contributed by atoms with Gasteiger partial charge in [0.1, 0.15) is 0 Å². The first-order valence-electron chi connectivity index (χ1n) is 9.45. The van der Waals surface area contributed by atoms with E-state index in [-0.39, 0.29) is 11.8 Å². The number of carbonyl (C=O) groups is 2. The van der Waals surface area contributed by atoms with Gasteiger partial charge in [0.2, 0.25) is 5.91 Å².